The Labute approximate surface area is 134 Å². The van der Waals surface area contributed by atoms with E-state index >= 15 is 0 Å². The number of nitrogens with two attached hydrogens (primary N) is 1. The summed E-state index contributed by atoms with van der Waals surface area (Å²) in [7, 11) is 0. The highest BCUT2D eigenvalue weighted by atomic mass is 79.9. The van der Waals surface area contributed by atoms with Crippen molar-refractivity contribution in [2.24, 2.45) is 5.73 Å². The normalized spacial score (nSPS) is 12.7. The number of hydrogen-bond donors (Lipinski definition) is 1. The molecule has 0 bridgehead atoms. The number of esters is 1. The van der Waals surface area contributed by atoms with Gasteiger partial charge in [-0.2, -0.15) is 0 Å². The molecule has 0 heterocycles. The highest BCUT2D eigenvalue weighted by Crippen LogP contribution is 2.21. The lowest BCUT2D eigenvalue weighted by atomic mass is 10.1. The molecule has 8 heteroatoms. The van der Waals surface area contributed by atoms with E-state index in [1.807, 2.05) is 0 Å². The van der Waals surface area contributed by atoms with Crippen molar-refractivity contribution in [3.63, 3.8) is 0 Å². The molecule has 2 N–H and O–H groups in total. The maximum atomic E-state index is 13.6. The molecule has 0 aliphatic heterocycles. The lowest BCUT2D eigenvalue weighted by Crippen LogP contribution is -2.37. The summed E-state index contributed by atoms with van der Waals surface area (Å²) in [6.07, 6.45) is -1.52. The summed E-state index contributed by atoms with van der Waals surface area (Å²) in [5, 5.41) is 0. The summed E-state index contributed by atoms with van der Waals surface area (Å²) in [6, 6.07) is 0.513. The van der Waals surface area contributed by atoms with Crippen LogP contribution in [-0.4, -0.2) is 23.8 Å². The fourth-order valence-electron chi connectivity index (χ4n) is 1.47. The molecule has 0 aliphatic carbocycles. The first-order valence-electron chi connectivity index (χ1n) is 6.33. The number of carbonyl (C=O) groups is 2. The van der Waals surface area contributed by atoms with Gasteiger partial charge < -0.3 is 15.2 Å². The molecule has 0 amide bonds. The van der Waals surface area contributed by atoms with Gasteiger partial charge in [-0.1, -0.05) is 0 Å². The molecular formula is C14H16BrF2NO4. The largest absolute Gasteiger partial charge is 0.516 e. The van der Waals surface area contributed by atoms with Crippen LogP contribution in [0.2, 0.25) is 0 Å². The maximum absolute atomic E-state index is 13.6. The first-order chi connectivity index (χ1) is 9.99. The van der Waals surface area contributed by atoms with E-state index in [0.29, 0.717) is 0 Å². The van der Waals surface area contributed by atoms with Crippen LogP contribution in [0.25, 0.3) is 0 Å². The van der Waals surface area contributed by atoms with Gasteiger partial charge >= 0.3 is 12.1 Å². The molecule has 0 fully saturated rings. The van der Waals surface area contributed by atoms with Gasteiger partial charge in [0.25, 0.3) is 0 Å². The SMILES string of the molecule is CC(C)(C)OC(=O)OC(=O)[C@@H](N)Cc1cc(F)c(Br)cc1F. The van der Waals surface area contributed by atoms with Gasteiger partial charge in [-0.05, 0) is 54.4 Å². The van der Waals surface area contributed by atoms with Crippen molar-refractivity contribution in [2.75, 3.05) is 0 Å². The van der Waals surface area contributed by atoms with E-state index in [-0.39, 0.29) is 16.5 Å². The van der Waals surface area contributed by atoms with Crippen molar-refractivity contribution < 1.29 is 27.8 Å². The van der Waals surface area contributed by atoms with E-state index in [4.69, 9.17) is 10.5 Å². The van der Waals surface area contributed by atoms with Crippen LogP contribution in [0, 0.1) is 11.6 Å². The zero-order chi connectivity index (χ0) is 17.1. The standard InChI is InChI=1S/C14H16BrF2NO4/c1-14(2,3)22-13(20)21-12(19)11(18)5-7-4-10(17)8(15)6-9(7)16/h4,6,11H,5,18H2,1-3H3/t11-/m0/s1. The van der Waals surface area contributed by atoms with E-state index in [9.17, 15) is 18.4 Å². The third kappa shape index (κ3) is 5.69. The van der Waals surface area contributed by atoms with Crippen LogP contribution >= 0.6 is 15.9 Å². The van der Waals surface area contributed by atoms with Crippen molar-refractivity contribution in [1.29, 1.82) is 0 Å². The molecule has 0 saturated heterocycles. The number of carbonyl (C=O) groups excluding carboxylic acids is 2. The Morgan fingerprint density at radius 3 is 2.41 bits per heavy atom. The third-order valence-corrected chi connectivity index (χ3v) is 3.01. The summed E-state index contributed by atoms with van der Waals surface area (Å²) in [5.74, 6) is -2.50. The molecule has 1 rings (SSSR count). The zero-order valence-electron chi connectivity index (χ0n) is 12.3. The van der Waals surface area contributed by atoms with E-state index in [2.05, 4.69) is 20.7 Å². The molecule has 0 spiro atoms. The van der Waals surface area contributed by atoms with Crippen molar-refractivity contribution >= 4 is 28.1 Å². The topological polar surface area (TPSA) is 78.6 Å². The van der Waals surface area contributed by atoms with Crippen LogP contribution in [-0.2, 0) is 20.7 Å². The van der Waals surface area contributed by atoms with Gasteiger partial charge in [0.15, 0.2) is 0 Å². The molecule has 122 valence electrons. The van der Waals surface area contributed by atoms with Gasteiger partial charge in [0.05, 0.1) is 4.47 Å². The van der Waals surface area contributed by atoms with Crippen molar-refractivity contribution in [1.82, 2.24) is 0 Å². The number of rotatable bonds is 3. The van der Waals surface area contributed by atoms with Crippen LogP contribution in [0.1, 0.15) is 26.3 Å². The molecule has 0 aliphatic rings. The summed E-state index contributed by atoms with van der Waals surface area (Å²) in [4.78, 5) is 23.0. The Balaban J connectivity index is 2.69. The average molecular weight is 380 g/mol. The van der Waals surface area contributed by atoms with Gasteiger partial charge in [0.1, 0.15) is 23.3 Å². The number of halogens is 3. The zero-order valence-corrected chi connectivity index (χ0v) is 13.9. The number of benzene rings is 1. The van der Waals surface area contributed by atoms with Crippen molar-refractivity contribution in [3.05, 3.63) is 33.8 Å². The molecule has 0 unspecified atom stereocenters. The van der Waals surface area contributed by atoms with Crippen LogP contribution < -0.4 is 5.73 Å². The van der Waals surface area contributed by atoms with Gasteiger partial charge in [-0.3, -0.25) is 0 Å². The second-order valence-corrected chi connectivity index (χ2v) is 6.41. The predicted molar refractivity (Wildman–Crippen MR) is 78.1 cm³/mol. The Morgan fingerprint density at radius 1 is 1.27 bits per heavy atom. The van der Waals surface area contributed by atoms with Gasteiger partial charge in [0, 0.05) is 6.42 Å². The molecule has 1 aromatic rings. The second kappa shape index (κ2) is 7.15. The smallest absolute Gasteiger partial charge is 0.428 e. The van der Waals surface area contributed by atoms with Crippen LogP contribution in [0.4, 0.5) is 13.6 Å². The molecule has 0 radical (unpaired) electrons. The van der Waals surface area contributed by atoms with Gasteiger partial charge in [-0.25, -0.2) is 18.4 Å². The molecule has 22 heavy (non-hydrogen) atoms. The Hall–Kier alpha value is -1.54. The van der Waals surface area contributed by atoms with E-state index in [1.54, 1.807) is 20.8 Å². The first kappa shape index (κ1) is 18.5. The first-order valence-corrected chi connectivity index (χ1v) is 7.12. The highest BCUT2D eigenvalue weighted by Gasteiger charge is 2.25. The van der Waals surface area contributed by atoms with Gasteiger partial charge in [0.2, 0.25) is 0 Å². The summed E-state index contributed by atoms with van der Waals surface area (Å²) >= 11 is 2.84. The molecule has 5 nitrogen and oxygen atoms in total. The fraction of sp³-hybridized carbons (Fsp3) is 0.429. The Morgan fingerprint density at radius 2 is 1.86 bits per heavy atom. The summed E-state index contributed by atoms with van der Waals surface area (Å²) in [5.41, 5.74) is 4.60. The minimum absolute atomic E-state index is 0.0429. The lowest BCUT2D eigenvalue weighted by Gasteiger charge is -2.19. The maximum Gasteiger partial charge on any atom is 0.516 e. The Kier molecular flexibility index (Phi) is 6.01. The van der Waals surface area contributed by atoms with Crippen molar-refractivity contribution in [3.8, 4) is 0 Å². The minimum Gasteiger partial charge on any atom is -0.428 e. The summed E-state index contributed by atoms with van der Waals surface area (Å²) < 4.78 is 36.2. The van der Waals surface area contributed by atoms with Crippen LogP contribution in [0.15, 0.2) is 16.6 Å². The monoisotopic (exact) mass is 379 g/mol. The highest BCUT2D eigenvalue weighted by molar-refractivity contribution is 9.10. The minimum atomic E-state index is -1.33. The average Bonchev–Trinajstić information content (AvgIpc) is 2.33. The summed E-state index contributed by atoms with van der Waals surface area (Å²) in [6.45, 7) is 4.79. The third-order valence-electron chi connectivity index (χ3n) is 2.41. The van der Waals surface area contributed by atoms with E-state index < -0.39 is 35.4 Å². The van der Waals surface area contributed by atoms with Gasteiger partial charge in [-0.15, -0.1) is 0 Å². The molecule has 1 atom stereocenters. The quantitative estimate of drug-likeness (QED) is 0.495. The van der Waals surface area contributed by atoms with Crippen LogP contribution in [0.3, 0.4) is 0 Å². The molecular weight excluding hydrogens is 364 g/mol. The number of ether oxygens (including phenoxy) is 2. The van der Waals surface area contributed by atoms with E-state index in [0.717, 1.165) is 12.1 Å². The fourth-order valence-corrected chi connectivity index (χ4v) is 1.78. The predicted octanol–water partition coefficient (Wildman–Crippen LogP) is 3.08. The van der Waals surface area contributed by atoms with Crippen LogP contribution in [0.5, 0.6) is 0 Å². The van der Waals surface area contributed by atoms with E-state index in [1.165, 1.54) is 0 Å². The number of hydrogen-bond acceptors (Lipinski definition) is 5. The molecule has 1 aromatic carbocycles. The Bertz CT molecular complexity index is 587. The molecule has 0 aromatic heterocycles. The lowest BCUT2D eigenvalue weighted by molar-refractivity contribution is -0.142. The molecule has 0 saturated carbocycles. The van der Waals surface area contributed by atoms with Crippen molar-refractivity contribution in [2.45, 2.75) is 38.8 Å². The second-order valence-electron chi connectivity index (χ2n) is 5.55.